The van der Waals surface area contributed by atoms with Gasteiger partial charge in [-0.15, -0.1) is 0 Å². The van der Waals surface area contributed by atoms with E-state index < -0.39 is 48.0 Å². The second-order valence-corrected chi connectivity index (χ2v) is 9.77. The number of hydrogen-bond acceptors (Lipinski definition) is 5. The zero-order valence-electron chi connectivity index (χ0n) is 21.8. The maximum atomic E-state index is 13.8. The highest BCUT2D eigenvalue weighted by atomic mass is 19.1. The largest absolute Gasteiger partial charge is 0.390 e. The number of carbonyl (C=O) groups is 3. The van der Waals surface area contributed by atoms with Crippen LogP contribution in [0.5, 0.6) is 0 Å². The zero-order valence-corrected chi connectivity index (χ0v) is 21.8. The molecule has 7 nitrogen and oxygen atoms in total. The Labute approximate surface area is 225 Å². The summed E-state index contributed by atoms with van der Waals surface area (Å²) < 4.78 is 27.7. The first-order valence-electron chi connectivity index (χ1n) is 12.8. The third-order valence-electron chi connectivity index (χ3n) is 6.70. The van der Waals surface area contributed by atoms with Gasteiger partial charge in [0.25, 0.3) is 11.8 Å². The van der Waals surface area contributed by atoms with Crippen molar-refractivity contribution in [3.05, 3.63) is 106 Å². The monoisotopic (exact) mass is 535 g/mol. The van der Waals surface area contributed by atoms with E-state index in [1.165, 1.54) is 5.56 Å². The molecule has 3 N–H and O–H groups in total. The average Bonchev–Trinajstić information content (AvgIpc) is 3.11. The number of carbonyl (C=O) groups excluding carboxylic acids is 3. The Hall–Kier alpha value is -3.95. The number of halogens is 2. The van der Waals surface area contributed by atoms with Crippen molar-refractivity contribution in [2.24, 2.45) is 0 Å². The second-order valence-electron chi connectivity index (χ2n) is 9.77. The van der Waals surface area contributed by atoms with Gasteiger partial charge in [0.1, 0.15) is 18.2 Å². The standard InChI is InChI=1S/C30H31F2N3O4/c1-3-19-5-4-6-20(10-19)15-33-16-27(36)26(13-21-11-22(31)14-23(32)12-21)34-28(37)17-35-29(38)24-8-7-18(2)9-25(24)30(35)39/h4-12,14,26-27,33,36H,3,13,15-17H2,1-2H3,(H,34,37)/t26-,27+/m0/s1. The van der Waals surface area contributed by atoms with Crippen LogP contribution in [0.4, 0.5) is 8.78 Å². The van der Waals surface area contributed by atoms with E-state index in [0.29, 0.717) is 6.54 Å². The predicted molar refractivity (Wildman–Crippen MR) is 142 cm³/mol. The lowest BCUT2D eigenvalue weighted by Gasteiger charge is -2.26. The van der Waals surface area contributed by atoms with Crippen LogP contribution >= 0.6 is 0 Å². The van der Waals surface area contributed by atoms with Crippen molar-refractivity contribution in [2.45, 2.75) is 45.4 Å². The minimum Gasteiger partial charge on any atom is -0.390 e. The molecule has 3 aromatic carbocycles. The normalized spacial score (nSPS) is 14.3. The number of imide groups is 1. The second kappa shape index (κ2) is 12.3. The molecule has 1 aliphatic heterocycles. The molecule has 3 amide bonds. The summed E-state index contributed by atoms with van der Waals surface area (Å²) in [6.45, 7) is 3.84. The van der Waals surface area contributed by atoms with E-state index >= 15 is 0 Å². The number of aliphatic hydroxyl groups is 1. The molecule has 0 unspecified atom stereocenters. The van der Waals surface area contributed by atoms with Crippen LogP contribution in [0.25, 0.3) is 0 Å². The van der Waals surface area contributed by atoms with Crippen molar-refractivity contribution in [1.82, 2.24) is 15.5 Å². The van der Waals surface area contributed by atoms with Crippen LogP contribution in [0.1, 0.15) is 49.9 Å². The lowest BCUT2D eigenvalue weighted by atomic mass is 10.0. The van der Waals surface area contributed by atoms with E-state index in [4.69, 9.17) is 0 Å². The number of nitrogens with zero attached hydrogens (tertiary/aromatic N) is 1. The summed E-state index contributed by atoms with van der Waals surface area (Å²) in [7, 11) is 0. The van der Waals surface area contributed by atoms with Gasteiger partial charge in [-0.1, -0.05) is 42.8 Å². The Balaban J connectivity index is 1.44. The molecule has 204 valence electrons. The van der Waals surface area contributed by atoms with Crippen LogP contribution in [0.2, 0.25) is 0 Å². The quantitative estimate of drug-likeness (QED) is 0.328. The Morgan fingerprint density at radius 2 is 1.62 bits per heavy atom. The average molecular weight is 536 g/mol. The molecule has 1 heterocycles. The molecule has 3 aromatic rings. The van der Waals surface area contributed by atoms with E-state index in [0.717, 1.165) is 40.6 Å². The number of amides is 3. The first-order valence-corrected chi connectivity index (χ1v) is 12.8. The summed E-state index contributed by atoms with van der Waals surface area (Å²) >= 11 is 0. The van der Waals surface area contributed by atoms with Crippen molar-refractivity contribution < 1.29 is 28.3 Å². The molecule has 0 aromatic heterocycles. The van der Waals surface area contributed by atoms with Crippen LogP contribution in [0.15, 0.2) is 60.7 Å². The Morgan fingerprint density at radius 1 is 0.923 bits per heavy atom. The number of aryl methyl sites for hydroxylation is 2. The predicted octanol–water partition coefficient (Wildman–Crippen LogP) is 3.31. The van der Waals surface area contributed by atoms with Gasteiger partial charge in [-0.2, -0.15) is 0 Å². The van der Waals surface area contributed by atoms with E-state index in [9.17, 15) is 28.3 Å². The Kier molecular flexibility index (Phi) is 8.83. The molecule has 0 saturated carbocycles. The topological polar surface area (TPSA) is 98.7 Å². The molecular weight excluding hydrogens is 504 g/mol. The fourth-order valence-electron chi connectivity index (χ4n) is 4.68. The van der Waals surface area contributed by atoms with Gasteiger partial charge < -0.3 is 15.7 Å². The van der Waals surface area contributed by atoms with E-state index in [1.54, 1.807) is 25.1 Å². The summed E-state index contributed by atoms with van der Waals surface area (Å²) in [5, 5.41) is 16.8. The minimum atomic E-state index is -1.14. The Morgan fingerprint density at radius 3 is 2.33 bits per heavy atom. The van der Waals surface area contributed by atoms with Gasteiger partial charge in [0.15, 0.2) is 0 Å². The van der Waals surface area contributed by atoms with Crippen molar-refractivity contribution >= 4 is 17.7 Å². The molecule has 0 radical (unpaired) electrons. The molecule has 0 bridgehead atoms. The molecule has 0 saturated heterocycles. The number of aliphatic hydroxyl groups excluding tert-OH is 1. The number of nitrogens with one attached hydrogen (secondary N) is 2. The maximum absolute atomic E-state index is 13.8. The van der Waals surface area contributed by atoms with Crippen molar-refractivity contribution in [3.8, 4) is 0 Å². The van der Waals surface area contributed by atoms with Crippen LogP contribution in [-0.2, 0) is 24.2 Å². The van der Waals surface area contributed by atoms with Crippen LogP contribution in [0.3, 0.4) is 0 Å². The van der Waals surface area contributed by atoms with Crippen molar-refractivity contribution in [1.29, 1.82) is 0 Å². The first kappa shape index (κ1) is 28.1. The zero-order chi connectivity index (χ0) is 28.1. The smallest absolute Gasteiger partial charge is 0.262 e. The van der Waals surface area contributed by atoms with Gasteiger partial charge in [0.05, 0.1) is 23.3 Å². The fraction of sp³-hybridized carbons (Fsp3) is 0.300. The molecule has 9 heteroatoms. The first-order chi connectivity index (χ1) is 18.6. The highest BCUT2D eigenvalue weighted by Gasteiger charge is 2.37. The van der Waals surface area contributed by atoms with Crippen LogP contribution in [-0.4, -0.2) is 53.0 Å². The number of fused-ring (bicyclic) bond motifs is 1. The van der Waals surface area contributed by atoms with E-state index in [-0.39, 0.29) is 29.7 Å². The van der Waals surface area contributed by atoms with Gasteiger partial charge in [0, 0.05) is 19.2 Å². The van der Waals surface area contributed by atoms with Gasteiger partial charge in [-0.05, 0) is 60.7 Å². The highest BCUT2D eigenvalue weighted by Crippen LogP contribution is 2.23. The fourth-order valence-corrected chi connectivity index (χ4v) is 4.68. The van der Waals surface area contributed by atoms with Crippen LogP contribution < -0.4 is 10.6 Å². The number of benzene rings is 3. The lowest BCUT2D eigenvalue weighted by Crippen LogP contribution is -2.51. The molecule has 0 spiro atoms. The SMILES string of the molecule is CCc1cccc(CNC[C@@H](O)[C@H](Cc2cc(F)cc(F)c2)NC(=O)CN2C(=O)c3ccc(C)cc3C2=O)c1. The number of rotatable bonds is 11. The highest BCUT2D eigenvalue weighted by molar-refractivity contribution is 6.22. The van der Waals surface area contributed by atoms with Gasteiger partial charge in [-0.3, -0.25) is 19.3 Å². The molecule has 0 fully saturated rings. The molecular formula is C30H31F2N3O4. The van der Waals surface area contributed by atoms with Gasteiger partial charge in [0.2, 0.25) is 5.91 Å². The lowest BCUT2D eigenvalue weighted by molar-refractivity contribution is -0.123. The Bertz CT molecular complexity index is 1370. The molecule has 39 heavy (non-hydrogen) atoms. The summed E-state index contributed by atoms with van der Waals surface area (Å²) in [5.41, 5.74) is 3.70. The molecule has 1 aliphatic rings. The van der Waals surface area contributed by atoms with E-state index in [2.05, 4.69) is 23.6 Å². The molecule has 0 aliphatic carbocycles. The van der Waals surface area contributed by atoms with Crippen molar-refractivity contribution in [3.63, 3.8) is 0 Å². The summed E-state index contributed by atoms with van der Waals surface area (Å²) in [5.74, 6) is -3.39. The maximum Gasteiger partial charge on any atom is 0.262 e. The number of hydrogen-bond donors (Lipinski definition) is 3. The van der Waals surface area contributed by atoms with E-state index in [1.807, 2.05) is 18.2 Å². The molecule has 4 rings (SSSR count). The minimum absolute atomic E-state index is 0.0735. The van der Waals surface area contributed by atoms with Crippen LogP contribution in [0, 0.1) is 18.6 Å². The summed E-state index contributed by atoms with van der Waals surface area (Å²) in [6, 6.07) is 14.9. The third-order valence-corrected chi connectivity index (χ3v) is 6.70. The summed E-state index contributed by atoms with van der Waals surface area (Å²) in [6.07, 6.45) is -0.323. The molecule has 2 atom stereocenters. The van der Waals surface area contributed by atoms with Crippen molar-refractivity contribution in [2.75, 3.05) is 13.1 Å². The third kappa shape index (κ3) is 6.93. The summed E-state index contributed by atoms with van der Waals surface area (Å²) in [4.78, 5) is 39.4. The van der Waals surface area contributed by atoms with Gasteiger partial charge >= 0.3 is 0 Å². The van der Waals surface area contributed by atoms with Gasteiger partial charge in [-0.25, -0.2) is 8.78 Å².